The van der Waals surface area contributed by atoms with Crippen molar-refractivity contribution in [3.63, 3.8) is 0 Å². The first-order valence-electron chi connectivity index (χ1n) is 15.5. The van der Waals surface area contributed by atoms with Crippen LogP contribution >= 0.6 is 0 Å². The topological polar surface area (TPSA) is 61.9 Å². The summed E-state index contributed by atoms with van der Waals surface area (Å²) in [6.07, 6.45) is 2.68. The van der Waals surface area contributed by atoms with E-state index in [0.29, 0.717) is 23.0 Å². The molecule has 0 radical (unpaired) electrons. The number of ether oxygens (including phenoxy) is 6. The van der Waals surface area contributed by atoms with E-state index in [1.165, 1.54) is 22.3 Å². The Morgan fingerprint density at radius 3 is 2.36 bits per heavy atom. The summed E-state index contributed by atoms with van der Waals surface area (Å²) in [6.45, 7) is 5.03. The van der Waals surface area contributed by atoms with E-state index in [1.54, 1.807) is 14.2 Å². The lowest BCUT2D eigenvalue weighted by atomic mass is 9.87. The molecule has 0 N–H and O–H groups in total. The predicted octanol–water partition coefficient (Wildman–Crippen LogP) is 7.09. The smallest absolute Gasteiger partial charge is 0.231 e. The van der Waals surface area contributed by atoms with Crippen molar-refractivity contribution in [1.82, 2.24) is 9.80 Å². The van der Waals surface area contributed by atoms with Crippen LogP contribution in [0, 0.1) is 6.92 Å². The van der Waals surface area contributed by atoms with Gasteiger partial charge in [-0.25, -0.2) is 0 Å². The minimum Gasteiger partial charge on any atom is -0.493 e. The summed E-state index contributed by atoms with van der Waals surface area (Å²) in [7, 11) is 7.69. The lowest BCUT2D eigenvalue weighted by Gasteiger charge is -2.36. The van der Waals surface area contributed by atoms with Gasteiger partial charge in [-0.15, -0.1) is 0 Å². The van der Waals surface area contributed by atoms with Crippen molar-refractivity contribution in [2.75, 3.05) is 48.2 Å². The molecule has 7 rings (SSSR count). The summed E-state index contributed by atoms with van der Waals surface area (Å²) in [6, 6.07) is 20.7. The van der Waals surface area contributed by atoms with Gasteiger partial charge in [0, 0.05) is 31.2 Å². The van der Waals surface area contributed by atoms with E-state index in [0.717, 1.165) is 73.0 Å². The highest BCUT2D eigenvalue weighted by molar-refractivity contribution is 5.64. The second-order valence-electron chi connectivity index (χ2n) is 12.2. The second kappa shape index (κ2) is 12.2. The van der Waals surface area contributed by atoms with E-state index in [9.17, 15) is 0 Å². The molecule has 0 saturated heterocycles. The van der Waals surface area contributed by atoms with Crippen molar-refractivity contribution >= 4 is 0 Å². The average molecular weight is 609 g/mol. The molecule has 8 nitrogen and oxygen atoms in total. The van der Waals surface area contributed by atoms with Crippen LogP contribution in [0.5, 0.6) is 46.0 Å². The minimum atomic E-state index is 0.0660. The van der Waals surface area contributed by atoms with Crippen molar-refractivity contribution in [3.05, 3.63) is 94.0 Å². The fourth-order valence-corrected chi connectivity index (χ4v) is 6.69. The maximum Gasteiger partial charge on any atom is 0.231 e. The van der Waals surface area contributed by atoms with Crippen LogP contribution in [0.3, 0.4) is 0 Å². The molecule has 45 heavy (non-hydrogen) atoms. The van der Waals surface area contributed by atoms with E-state index >= 15 is 0 Å². The first-order valence-corrected chi connectivity index (χ1v) is 15.5. The molecule has 3 aliphatic heterocycles. The maximum absolute atomic E-state index is 6.87. The Kier molecular flexibility index (Phi) is 7.94. The largest absolute Gasteiger partial charge is 0.493 e. The number of aryl methyl sites for hydroxylation is 1. The molecule has 0 amide bonds. The van der Waals surface area contributed by atoms with Gasteiger partial charge in [-0.05, 0) is 104 Å². The highest BCUT2D eigenvalue weighted by Crippen LogP contribution is 2.52. The third kappa shape index (κ3) is 5.64. The van der Waals surface area contributed by atoms with Gasteiger partial charge in [0.1, 0.15) is 5.75 Å². The number of para-hydroxylation sites is 1. The third-order valence-corrected chi connectivity index (χ3v) is 9.21. The van der Waals surface area contributed by atoms with E-state index in [-0.39, 0.29) is 12.8 Å². The summed E-state index contributed by atoms with van der Waals surface area (Å²) in [5.41, 5.74) is 7.14. The zero-order valence-corrected chi connectivity index (χ0v) is 26.6. The number of benzene rings is 4. The maximum atomic E-state index is 6.87. The van der Waals surface area contributed by atoms with Crippen LogP contribution in [0.4, 0.5) is 0 Å². The van der Waals surface area contributed by atoms with Crippen LogP contribution in [0.25, 0.3) is 0 Å². The van der Waals surface area contributed by atoms with Crippen molar-refractivity contribution < 1.29 is 28.4 Å². The number of methoxy groups -OCH3 is 2. The standard InChI is InChI=1S/C37H40N2O6/c1-23-7-6-8-30(40-4)35(23)44-28-11-9-24(10-12-28)17-29-34-26(14-16-39(29)3)19-33-36(43-22-42-33)37(34)45-32-20-27-21-38(2)15-13-25(27)18-31(32)41-5/h6-12,18-20,29H,13-17,21-22H2,1-5H3/t29-/m0/s1. The van der Waals surface area contributed by atoms with Crippen LogP contribution in [0.15, 0.2) is 60.7 Å². The van der Waals surface area contributed by atoms with Crippen LogP contribution < -0.4 is 28.4 Å². The van der Waals surface area contributed by atoms with Crippen LogP contribution in [0.1, 0.15) is 39.4 Å². The zero-order chi connectivity index (χ0) is 31.1. The predicted molar refractivity (Wildman–Crippen MR) is 173 cm³/mol. The molecule has 4 aromatic rings. The number of hydrogen-bond acceptors (Lipinski definition) is 8. The highest BCUT2D eigenvalue weighted by Gasteiger charge is 2.35. The molecule has 0 bridgehead atoms. The summed E-state index contributed by atoms with van der Waals surface area (Å²) >= 11 is 0. The molecule has 4 aromatic carbocycles. The molecule has 0 aliphatic carbocycles. The molecule has 0 fully saturated rings. The normalized spacial score (nSPS) is 17.4. The molecule has 0 aromatic heterocycles. The van der Waals surface area contributed by atoms with Crippen LogP contribution in [-0.4, -0.2) is 58.0 Å². The van der Waals surface area contributed by atoms with Gasteiger partial charge in [-0.3, -0.25) is 4.90 Å². The average Bonchev–Trinajstić information content (AvgIpc) is 3.52. The summed E-state index contributed by atoms with van der Waals surface area (Å²) < 4.78 is 36.5. The molecule has 1 atom stereocenters. The summed E-state index contributed by atoms with van der Waals surface area (Å²) in [5, 5.41) is 0. The molecule has 0 saturated carbocycles. The van der Waals surface area contributed by atoms with Crippen molar-refractivity contribution in [2.45, 2.75) is 38.8 Å². The lowest BCUT2D eigenvalue weighted by molar-refractivity contribution is 0.171. The molecule has 3 aliphatic rings. The van der Waals surface area contributed by atoms with Crippen LogP contribution in [-0.2, 0) is 25.8 Å². The molecular formula is C37H40N2O6. The number of hydrogen-bond donors (Lipinski definition) is 0. The molecular weight excluding hydrogens is 568 g/mol. The van der Waals surface area contributed by atoms with Gasteiger partial charge in [-0.1, -0.05) is 24.3 Å². The molecule has 0 unspecified atom stereocenters. The quantitative estimate of drug-likeness (QED) is 0.210. The van der Waals surface area contributed by atoms with Crippen molar-refractivity contribution in [3.8, 4) is 46.0 Å². The Morgan fingerprint density at radius 1 is 0.778 bits per heavy atom. The fraction of sp³-hybridized carbons (Fsp3) is 0.351. The number of rotatable bonds is 8. The Hall–Kier alpha value is -4.40. The Labute approximate surface area is 265 Å². The molecule has 234 valence electrons. The van der Waals surface area contributed by atoms with Gasteiger partial charge in [0.05, 0.1) is 14.2 Å². The van der Waals surface area contributed by atoms with Gasteiger partial charge in [0.2, 0.25) is 12.5 Å². The van der Waals surface area contributed by atoms with Gasteiger partial charge in [0.15, 0.2) is 34.5 Å². The second-order valence-corrected chi connectivity index (χ2v) is 12.2. The van der Waals surface area contributed by atoms with E-state index in [4.69, 9.17) is 28.4 Å². The van der Waals surface area contributed by atoms with Gasteiger partial charge in [0.25, 0.3) is 0 Å². The monoisotopic (exact) mass is 608 g/mol. The highest BCUT2D eigenvalue weighted by atomic mass is 16.7. The zero-order valence-electron chi connectivity index (χ0n) is 26.6. The minimum absolute atomic E-state index is 0.0660. The number of nitrogens with zero attached hydrogens (tertiary/aromatic N) is 2. The summed E-state index contributed by atoms with van der Waals surface area (Å²) in [5.74, 6) is 5.73. The SMILES string of the molecule is COc1cc2c(cc1Oc1c3c(cc4c1[C@H](Cc1ccc(Oc5c(C)cccc5OC)cc1)N(C)CC4)OCO3)CN(C)CC2. The van der Waals surface area contributed by atoms with Crippen LogP contribution in [0.2, 0.25) is 0 Å². The molecule has 8 heteroatoms. The first-order chi connectivity index (χ1) is 21.9. The van der Waals surface area contributed by atoms with Gasteiger partial charge >= 0.3 is 0 Å². The Morgan fingerprint density at radius 2 is 1.56 bits per heavy atom. The Bertz CT molecular complexity index is 1720. The molecule has 0 spiro atoms. The molecule has 3 heterocycles. The fourth-order valence-electron chi connectivity index (χ4n) is 6.69. The van der Waals surface area contributed by atoms with E-state index < -0.39 is 0 Å². The number of likely N-dealkylation sites (N-methyl/N-ethyl adjacent to an activating group) is 2. The van der Waals surface area contributed by atoms with Crippen molar-refractivity contribution in [1.29, 1.82) is 0 Å². The van der Waals surface area contributed by atoms with Gasteiger partial charge < -0.3 is 33.3 Å². The van der Waals surface area contributed by atoms with Crippen molar-refractivity contribution in [2.24, 2.45) is 0 Å². The Balaban J connectivity index is 1.22. The summed E-state index contributed by atoms with van der Waals surface area (Å²) in [4.78, 5) is 4.73. The number of fused-ring (bicyclic) bond motifs is 3. The lowest BCUT2D eigenvalue weighted by Crippen LogP contribution is -2.33. The van der Waals surface area contributed by atoms with Gasteiger partial charge in [-0.2, -0.15) is 0 Å². The third-order valence-electron chi connectivity index (χ3n) is 9.21. The van der Waals surface area contributed by atoms with E-state index in [2.05, 4.69) is 54.2 Å². The first kappa shape index (κ1) is 29.3. The van der Waals surface area contributed by atoms with E-state index in [1.807, 2.05) is 37.3 Å².